The van der Waals surface area contributed by atoms with Crippen LogP contribution < -0.4 is 15.0 Å². The van der Waals surface area contributed by atoms with Gasteiger partial charge in [-0.25, -0.2) is 27.5 Å². The number of aromatic nitrogens is 4. The van der Waals surface area contributed by atoms with E-state index in [-0.39, 0.29) is 17.4 Å². The second-order valence-corrected chi connectivity index (χ2v) is 6.51. The molecule has 3 aromatic heterocycles. The van der Waals surface area contributed by atoms with Gasteiger partial charge in [-0.15, -0.1) is 0 Å². The first kappa shape index (κ1) is 19.0. The van der Waals surface area contributed by atoms with Gasteiger partial charge in [0, 0.05) is 18.9 Å². The summed E-state index contributed by atoms with van der Waals surface area (Å²) in [4.78, 5) is 22.1. The highest BCUT2D eigenvalue weighted by atomic mass is 19.3. The third-order valence-electron chi connectivity index (χ3n) is 4.58. The second-order valence-electron chi connectivity index (χ2n) is 6.51. The quantitative estimate of drug-likeness (QED) is 0.701. The minimum absolute atomic E-state index is 0.0433. The van der Waals surface area contributed by atoms with Crippen molar-refractivity contribution in [2.24, 2.45) is 0 Å². The first-order chi connectivity index (χ1) is 14.0. The molecule has 0 spiro atoms. The molecule has 1 aliphatic heterocycles. The molecule has 29 heavy (non-hydrogen) atoms. The van der Waals surface area contributed by atoms with Gasteiger partial charge in [0.2, 0.25) is 5.65 Å². The van der Waals surface area contributed by atoms with E-state index in [0.717, 1.165) is 24.6 Å². The Morgan fingerprint density at radius 2 is 2.21 bits per heavy atom. The van der Waals surface area contributed by atoms with Crippen molar-refractivity contribution in [1.82, 2.24) is 24.9 Å². The number of hydrogen-bond donors (Lipinski definition) is 1. The van der Waals surface area contributed by atoms with Crippen molar-refractivity contribution in [3.63, 3.8) is 0 Å². The largest absolute Gasteiger partial charge is 0.412 e. The van der Waals surface area contributed by atoms with Crippen LogP contribution in [0.25, 0.3) is 5.65 Å². The number of ether oxygens (including phenoxy) is 1. The lowest BCUT2D eigenvalue weighted by Crippen LogP contribution is -2.31. The van der Waals surface area contributed by atoms with Crippen LogP contribution in [0, 0.1) is 5.82 Å². The fourth-order valence-electron chi connectivity index (χ4n) is 3.36. The maximum Gasteiger partial charge on any atom is 0.412 e. The van der Waals surface area contributed by atoms with Crippen LogP contribution in [0.3, 0.4) is 0 Å². The van der Waals surface area contributed by atoms with Crippen LogP contribution in [0.5, 0.6) is 5.75 Å². The molecule has 1 amide bonds. The highest BCUT2D eigenvalue weighted by molar-refractivity contribution is 5.73. The molecule has 0 saturated carbocycles. The van der Waals surface area contributed by atoms with Gasteiger partial charge in [0.05, 0.1) is 25.0 Å². The van der Waals surface area contributed by atoms with E-state index in [2.05, 4.69) is 15.1 Å². The van der Waals surface area contributed by atoms with E-state index in [4.69, 9.17) is 4.74 Å². The predicted octanol–water partition coefficient (Wildman–Crippen LogP) is 2.96. The monoisotopic (exact) mass is 406 g/mol. The van der Waals surface area contributed by atoms with Crippen molar-refractivity contribution in [2.45, 2.75) is 25.3 Å². The smallest absolute Gasteiger partial charge is 0.405 e. The van der Waals surface area contributed by atoms with E-state index in [9.17, 15) is 18.0 Å². The van der Waals surface area contributed by atoms with Gasteiger partial charge in [0.1, 0.15) is 11.6 Å². The molecule has 1 atom stereocenters. The Hall–Kier alpha value is -3.37. The second kappa shape index (κ2) is 7.94. The molecule has 4 heterocycles. The first-order valence-electron chi connectivity index (χ1n) is 8.96. The summed E-state index contributed by atoms with van der Waals surface area (Å²) in [6.45, 7) is -0.0998. The summed E-state index contributed by atoms with van der Waals surface area (Å²) in [5.74, 6) is 0.239. The van der Waals surface area contributed by atoms with Gasteiger partial charge >= 0.3 is 6.09 Å². The highest BCUT2D eigenvalue weighted by Crippen LogP contribution is 2.35. The van der Waals surface area contributed by atoms with E-state index in [0.29, 0.717) is 12.4 Å². The highest BCUT2D eigenvalue weighted by Gasteiger charge is 2.28. The Morgan fingerprint density at radius 3 is 3.00 bits per heavy atom. The molecular weight excluding hydrogens is 389 g/mol. The van der Waals surface area contributed by atoms with Crippen molar-refractivity contribution in [2.75, 3.05) is 18.0 Å². The summed E-state index contributed by atoms with van der Waals surface area (Å²) in [6.07, 6.45) is 3.74. The van der Waals surface area contributed by atoms with Crippen LogP contribution in [0.4, 0.5) is 23.8 Å². The fraction of sp³-hybridized carbons (Fsp3) is 0.333. The van der Waals surface area contributed by atoms with Crippen LogP contribution in [0.1, 0.15) is 24.4 Å². The first-order valence-corrected chi connectivity index (χ1v) is 8.96. The lowest BCUT2D eigenvalue weighted by molar-refractivity contribution is 0.139. The summed E-state index contributed by atoms with van der Waals surface area (Å²) in [6, 6.07) is 3.12. The number of fused-ring (bicyclic) bond motifs is 1. The molecule has 1 N–H and O–H groups in total. The Bertz CT molecular complexity index is 1030. The Kier molecular flexibility index (Phi) is 5.19. The SMILES string of the molecule is O=C(NCC(F)F)Oc1cnn2ccc(N3CCC[C@@H]3c3cncc(F)c3)nc12. The van der Waals surface area contributed by atoms with Crippen LogP contribution in [-0.2, 0) is 0 Å². The van der Waals surface area contributed by atoms with Crippen molar-refractivity contribution in [1.29, 1.82) is 0 Å². The number of amides is 1. The number of halogens is 3. The summed E-state index contributed by atoms with van der Waals surface area (Å²) < 4.78 is 44.5. The Morgan fingerprint density at radius 1 is 1.34 bits per heavy atom. The Balaban J connectivity index is 1.59. The van der Waals surface area contributed by atoms with E-state index in [1.165, 1.54) is 16.8 Å². The molecule has 0 radical (unpaired) electrons. The summed E-state index contributed by atoms with van der Waals surface area (Å²) >= 11 is 0. The van der Waals surface area contributed by atoms with Gasteiger partial charge in [-0.1, -0.05) is 0 Å². The zero-order chi connectivity index (χ0) is 20.4. The molecule has 11 heteroatoms. The standard InChI is InChI=1S/C18H17F3N6O2/c19-12-6-11(7-22-8-12)13-2-1-4-26(13)16-3-5-27-17(25-16)14(9-24-27)29-18(28)23-10-15(20)21/h3,5-9,13,15H,1-2,4,10H2,(H,23,28)/t13-/m1/s1. The number of nitrogens with zero attached hydrogens (tertiary/aromatic N) is 5. The lowest BCUT2D eigenvalue weighted by Gasteiger charge is -2.26. The number of nitrogens with one attached hydrogen (secondary N) is 1. The molecular formula is C18H17F3N6O2. The minimum atomic E-state index is -2.68. The van der Waals surface area contributed by atoms with Crippen LogP contribution in [0.2, 0.25) is 0 Å². The van der Waals surface area contributed by atoms with E-state index < -0.39 is 24.9 Å². The molecule has 1 fully saturated rings. The number of alkyl halides is 2. The number of carbonyl (C=O) groups is 1. The fourth-order valence-corrected chi connectivity index (χ4v) is 3.36. The summed E-state index contributed by atoms with van der Waals surface area (Å²) in [7, 11) is 0. The van der Waals surface area contributed by atoms with Crippen LogP contribution >= 0.6 is 0 Å². The van der Waals surface area contributed by atoms with Crippen molar-refractivity contribution >= 4 is 17.6 Å². The number of rotatable bonds is 5. The molecule has 8 nitrogen and oxygen atoms in total. The topological polar surface area (TPSA) is 84.6 Å². The van der Waals surface area contributed by atoms with E-state index >= 15 is 0 Å². The molecule has 4 rings (SSSR count). The third kappa shape index (κ3) is 4.08. The van der Waals surface area contributed by atoms with Gasteiger partial charge in [-0.3, -0.25) is 4.98 Å². The van der Waals surface area contributed by atoms with E-state index in [1.54, 1.807) is 18.5 Å². The van der Waals surface area contributed by atoms with Crippen molar-refractivity contribution in [3.05, 3.63) is 48.3 Å². The van der Waals surface area contributed by atoms with Crippen LogP contribution in [0.15, 0.2) is 36.9 Å². The van der Waals surface area contributed by atoms with Gasteiger partial charge in [0.25, 0.3) is 6.43 Å². The Labute approximate surface area is 163 Å². The third-order valence-corrected chi connectivity index (χ3v) is 4.58. The average Bonchev–Trinajstić information content (AvgIpc) is 3.33. The van der Waals surface area contributed by atoms with Crippen LogP contribution in [-0.4, -0.2) is 45.2 Å². The van der Waals surface area contributed by atoms with Gasteiger partial charge in [-0.05, 0) is 30.5 Å². The lowest BCUT2D eigenvalue weighted by atomic mass is 10.1. The summed E-state index contributed by atoms with van der Waals surface area (Å²) in [5, 5.41) is 6.01. The summed E-state index contributed by atoms with van der Waals surface area (Å²) in [5.41, 5.74) is 1.01. The number of carbonyl (C=O) groups excluding carboxylic acids is 1. The normalized spacial score (nSPS) is 16.6. The van der Waals surface area contributed by atoms with E-state index in [1.807, 2.05) is 10.2 Å². The maximum atomic E-state index is 13.6. The van der Waals surface area contributed by atoms with Crippen molar-refractivity contribution < 1.29 is 22.7 Å². The molecule has 3 aromatic rings. The number of anilines is 1. The molecule has 0 bridgehead atoms. The molecule has 1 saturated heterocycles. The zero-order valence-electron chi connectivity index (χ0n) is 15.1. The molecule has 0 unspecified atom stereocenters. The molecule has 0 aromatic carbocycles. The molecule has 0 aliphatic carbocycles. The zero-order valence-corrected chi connectivity index (χ0v) is 15.1. The minimum Gasteiger partial charge on any atom is -0.405 e. The van der Waals surface area contributed by atoms with Crippen molar-refractivity contribution in [3.8, 4) is 5.75 Å². The predicted molar refractivity (Wildman–Crippen MR) is 96.5 cm³/mol. The molecule has 1 aliphatic rings. The maximum absolute atomic E-state index is 13.6. The number of hydrogen-bond acceptors (Lipinski definition) is 6. The average molecular weight is 406 g/mol. The van der Waals surface area contributed by atoms with Gasteiger partial charge in [0.15, 0.2) is 5.75 Å². The van der Waals surface area contributed by atoms with Gasteiger partial charge in [-0.2, -0.15) is 5.10 Å². The number of pyridine rings is 1. The molecule has 152 valence electrons. The van der Waals surface area contributed by atoms with Gasteiger partial charge < -0.3 is 15.0 Å².